The van der Waals surface area contributed by atoms with Crippen LogP contribution in [0.15, 0.2) is 29.8 Å². The van der Waals surface area contributed by atoms with Gasteiger partial charge in [0.25, 0.3) is 5.91 Å². The van der Waals surface area contributed by atoms with Crippen LogP contribution in [0.5, 0.6) is 11.5 Å². The van der Waals surface area contributed by atoms with Gasteiger partial charge < -0.3 is 25.5 Å². The summed E-state index contributed by atoms with van der Waals surface area (Å²) in [6.45, 7) is 1.01. The normalized spacial score (nSPS) is 26.3. The number of methoxy groups -OCH3 is 1. The molecule has 0 aromatic heterocycles. The molecule has 0 spiro atoms. The molecule has 4 atom stereocenters. The van der Waals surface area contributed by atoms with Gasteiger partial charge in [-0.15, -0.1) is 0 Å². The van der Waals surface area contributed by atoms with Gasteiger partial charge in [-0.05, 0) is 29.3 Å². The zero-order valence-corrected chi connectivity index (χ0v) is 17.3. The first-order chi connectivity index (χ1) is 14.8. The van der Waals surface area contributed by atoms with Crippen LogP contribution in [0.2, 0.25) is 0 Å². The number of nitriles is 3. The van der Waals surface area contributed by atoms with Crippen LogP contribution in [-0.2, 0) is 4.79 Å². The van der Waals surface area contributed by atoms with Gasteiger partial charge in [0.2, 0.25) is 0 Å². The predicted molar refractivity (Wildman–Crippen MR) is 109 cm³/mol. The first-order valence-electron chi connectivity index (χ1n) is 9.74. The van der Waals surface area contributed by atoms with Gasteiger partial charge in [0.1, 0.15) is 5.92 Å². The van der Waals surface area contributed by atoms with Gasteiger partial charge in [0, 0.05) is 11.8 Å². The summed E-state index contributed by atoms with van der Waals surface area (Å²) >= 11 is 0. The van der Waals surface area contributed by atoms with E-state index in [1.54, 1.807) is 18.2 Å². The van der Waals surface area contributed by atoms with E-state index in [2.05, 4.69) is 18.2 Å². The number of primary amides is 1. The summed E-state index contributed by atoms with van der Waals surface area (Å²) in [6.07, 6.45) is 1.96. The molecule has 0 radical (unpaired) electrons. The van der Waals surface area contributed by atoms with E-state index < -0.39 is 23.2 Å². The molecule has 0 bridgehead atoms. The smallest absolute Gasteiger partial charge is 0.255 e. The molecule has 1 aliphatic heterocycles. The minimum absolute atomic E-state index is 0.194. The number of amides is 1. The van der Waals surface area contributed by atoms with Gasteiger partial charge in [-0.3, -0.25) is 4.79 Å². The molecule has 0 saturated heterocycles. The van der Waals surface area contributed by atoms with Gasteiger partial charge >= 0.3 is 0 Å². The quantitative estimate of drug-likeness (QED) is 0.566. The number of benzene rings is 1. The van der Waals surface area contributed by atoms with Crippen molar-refractivity contribution in [1.29, 1.82) is 21.2 Å². The highest BCUT2D eigenvalue weighted by atomic mass is 16.5. The van der Waals surface area contributed by atoms with Crippen molar-refractivity contribution in [3.63, 3.8) is 0 Å². The topological polar surface area (TPSA) is 161 Å². The maximum Gasteiger partial charge on any atom is 0.255 e. The Hall–Kier alpha value is -3.87. The van der Waals surface area contributed by atoms with E-state index in [-0.39, 0.29) is 18.2 Å². The maximum absolute atomic E-state index is 11.1. The van der Waals surface area contributed by atoms with Crippen molar-refractivity contribution < 1.29 is 19.2 Å². The van der Waals surface area contributed by atoms with Crippen LogP contribution in [0, 0.1) is 56.7 Å². The number of rotatable bonds is 5. The molecule has 2 unspecified atom stereocenters. The Labute approximate surface area is 180 Å². The number of nitrogens with one attached hydrogen (secondary N) is 2. The van der Waals surface area contributed by atoms with Crippen molar-refractivity contribution in [2.24, 2.45) is 23.0 Å². The first kappa shape index (κ1) is 21.8. The number of nitrogens with zero attached hydrogens (tertiary/aromatic N) is 3. The number of quaternary nitrogens is 1. The molecule has 31 heavy (non-hydrogen) atoms. The SMILES string of the molecule is COc1cc([C@@H]2[C@@H]3C[NH+](C)CC=C3C(C#N)C(=N)C2(C#N)C#N)ccc1OCC(N)=O. The fourth-order valence-electron chi connectivity index (χ4n) is 4.58. The maximum atomic E-state index is 11.1. The average molecular weight is 419 g/mol. The summed E-state index contributed by atoms with van der Waals surface area (Å²) in [5.41, 5.74) is 4.57. The zero-order valence-electron chi connectivity index (χ0n) is 17.3. The second-order valence-electron chi connectivity index (χ2n) is 7.83. The Kier molecular flexibility index (Phi) is 5.97. The molecule has 1 fully saturated rings. The highest BCUT2D eigenvalue weighted by Crippen LogP contribution is 2.53. The standard InChI is InChI=1S/C22H22N6O3/c1-28-6-5-14-15(8-23)21(27)22(11-24,12-25)20(16(14)9-28)13-3-4-17(18(7-13)30-2)31-10-19(26)29/h3-5,7,15-16,20,27H,6,9-10H2,1-2H3,(H2,26,29)/p+1/t15?,16-,20-/m1/s1. The Balaban J connectivity index is 2.18. The van der Waals surface area contributed by atoms with Crippen molar-refractivity contribution in [3.8, 4) is 29.7 Å². The molecule has 1 aliphatic carbocycles. The molecule has 2 aliphatic rings. The van der Waals surface area contributed by atoms with Gasteiger partial charge in [-0.2, -0.15) is 15.8 Å². The molecule has 3 rings (SSSR count). The number of nitrogens with two attached hydrogens (primary N) is 1. The van der Waals surface area contributed by atoms with E-state index in [0.29, 0.717) is 30.2 Å². The second kappa shape index (κ2) is 8.47. The molecule has 9 heteroatoms. The lowest BCUT2D eigenvalue weighted by atomic mass is 9.54. The number of hydrogen-bond acceptors (Lipinski definition) is 7. The third kappa shape index (κ3) is 3.59. The van der Waals surface area contributed by atoms with Crippen LogP contribution in [0.3, 0.4) is 0 Å². The molecule has 1 aromatic rings. The third-order valence-corrected chi connectivity index (χ3v) is 6.00. The molecule has 1 heterocycles. The first-order valence-corrected chi connectivity index (χ1v) is 9.74. The van der Waals surface area contributed by atoms with Crippen molar-refractivity contribution in [2.75, 3.05) is 33.9 Å². The Morgan fingerprint density at radius 2 is 2.03 bits per heavy atom. The minimum Gasteiger partial charge on any atom is -0.493 e. The Morgan fingerprint density at radius 1 is 1.32 bits per heavy atom. The lowest BCUT2D eigenvalue weighted by Crippen LogP contribution is -3.10. The Bertz CT molecular complexity index is 1060. The van der Waals surface area contributed by atoms with E-state index >= 15 is 0 Å². The van der Waals surface area contributed by atoms with Crippen LogP contribution in [-0.4, -0.2) is 45.5 Å². The summed E-state index contributed by atoms with van der Waals surface area (Å²) in [5, 5.41) is 38.5. The monoisotopic (exact) mass is 419 g/mol. The molecular formula is C22H23N6O3+. The molecule has 1 aromatic carbocycles. The molecule has 9 nitrogen and oxygen atoms in total. The number of fused-ring (bicyclic) bond motifs is 1. The van der Waals surface area contributed by atoms with E-state index in [1.807, 2.05) is 13.1 Å². The lowest BCUT2D eigenvalue weighted by molar-refractivity contribution is -0.878. The lowest BCUT2D eigenvalue weighted by Gasteiger charge is -2.46. The van der Waals surface area contributed by atoms with Crippen LogP contribution in [0.4, 0.5) is 0 Å². The summed E-state index contributed by atoms with van der Waals surface area (Å²) in [5.74, 6) is -1.85. The number of carbonyl (C=O) groups excluding carboxylic acids is 1. The molecule has 1 saturated carbocycles. The molecule has 158 valence electrons. The minimum atomic E-state index is -1.79. The van der Waals surface area contributed by atoms with Crippen LogP contribution < -0.4 is 20.1 Å². The van der Waals surface area contributed by atoms with Crippen molar-refractivity contribution in [3.05, 3.63) is 35.4 Å². The van der Waals surface area contributed by atoms with Gasteiger partial charge in [0.05, 0.1) is 51.2 Å². The second-order valence-corrected chi connectivity index (χ2v) is 7.83. The third-order valence-electron chi connectivity index (χ3n) is 6.00. The highest BCUT2D eigenvalue weighted by Gasteiger charge is 2.58. The number of hydrogen-bond donors (Lipinski definition) is 3. The van der Waals surface area contributed by atoms with E-state index in [0.717, 1.165) is 5.57 Å². The fraction of sp³-hybridized carbons (Fsp3) is 0.409. The van der Waals surface area contributed by atoms with Crippen LogP contribution >= 0.6 is 0 Å². The summed E-state index contributed by atoms with van der Waals surface area (Å²) in [7, 11) is 3.45. The summed E-state index contributed by atoms with van der Waals surface area (Å²) in [6, 6.07) is 11.2. The zero-order chi connectivity index (χ0) is 22.8. The average Bonchev–Trinajstić information content (AvgIpc) is 2.77. The van der Waals surface area contributed by atoms with E-state index in [9.17, 15) is 20.6 Å². The number of carbonyl (C=O) groups is 1. The van der Waals surface area contributed by atoms with Crippen molar-refractivity contribution >= 4 is 11.6 Å². The van der Waals surface area contributed by atoms with Crippen LogP contribution in [0.25, 0.3) is 0 Å². The summed E-state index contributed by atoms with van der Waals surface area (Å²) in [4.78, 5) is 12.2. The van der Waals surface area contributed by atoms with E-state index in [4.69, 9.17) is 20.6 Å². The van der Waals surface area contributed by atoms with Gasteiger partial charge in [-0.25, -0.2) is 0 Å². The van der Waals surface area contributed by atoms with Gasteiger partial charge in [-0.1, -0.05) is 6.07 Å². The largest absolute Gasteiger partial charge is 0.493 e. The van der Waals surface area contributed by atoms with E-state index in [1.165, 1.54) is 12.0 Å². The van der Waals surface area contributed by atoms with Crippen LogP contribution in [0.1, 0.15) is 11.5 Å². The summed E-state index contributed by atoms with van der Waals surface area (Å²) < 4.78 is 10.8. The molecule has 1 amide bonds. The highest BCUT2D eigenvalue weighted by molar-refractivity contribution is 6.00. The predicted octanol–water partition coefficient (Wildman–Crippen LogP) is -0.0795. The number of ether oxygens (including phenoxy) is 2. The van der Waals surface area contributed by atoms with Crippen molar-refractivity contribution in [1.82, 2.24) is 0 Å². The number of likely N-dealkylation sites (N-methyl/N-ethyl adjacent to an activating group) is 1. The molecular weight excluding hydrogens is 396 g/mol. The van der Waals surface area contributed by atoms with Gasteiger partial charge in [0.15, 0.2) is 23.5 Å². The Morgan fingerprint density at radius 3 is 2.61 bits per heavy atom. The molecule has 4 N–H and O–H groups in total. The van der Waals surface area contributed by atoms with Crippen molar-refractivity contribution in [2.45, 2.75) is 5.92 Å². The fourth-order valence-corrected chi connectivity index (χ4v) is 4.58.